The van der Waals surface area contributed by atoms with E-state index in [4.69, 9.17) is 4.98 Å². The first-order chi connectivity index (χ1) is 13.9. The van der Waals surface area contributed by atoms with Crippen molar-refractivity contribution >= 4 is 17.7 Å². The zero-order valence-corrected chi connectivity index (χ0v) is 18.7. The van der Waals surface area contributed by atoms with Crippen molar-refractivity contribution < 1.29 is 4.79 Å². The average molecular weight is 414 g/mol. The lowest BCUT2D eigenvalue weighted by molar-refractivity contribution is -0.129. The molecule has 1 aromatic carbocycles. The van der Waals surface area contributed by atoms with Crippen molar-refractivity contribution in [1.29, 1.82) is 0 Å². The van der Waals surface area contributed by atoms with Crippen LogP contribution in [-0.2, 0) is 18.3 Å². The van der Waals surface area contributed by atoms with Crippen LogP contribution < -0.4 is 5.56 Å². The molecule has 1 aromatic heterocycles. The molecule has 6 heteroatoms. The molecule has 0 spiro atoms. The maximum absolute atomic E-state index is 13.1. The van der Waals surface area contributed by atoms with Crippen molar-refractivity contribution in [2.45, 2.75) is 63.3 Å². The number of nitrogens with zero attached hydrogens (tertiary/aromatic N) is 3. The Morgan fingerprint density at radius 2 is 1.83 bits per heavy atom. The number of hydrogen-bond acceptors (Lipinski definition) is 4. The summed E-state index contributed by atoms with van der Waals surface area (Å²) in [5.74, 6) is 0.185. The van der Waals surface area contributed by atoms with E-state index in [1.54, 1.807) is 11.6 Å². The molecular weight excluding hydrogens is 382 g/mol. The van der Waals surface area contributed by atoms with Crippen LogP contribution in [0.2, 0.25) is 0 Å². The molecule has 29 heavy (non-hydrogen) atoms. The van der Waals surface area contributed by atoms with Gasteiger partial charge in [-0.25, -0.2) is 4.98 Å². The fourth-order valence-electron chi connectivity index (χ4n) is 3.71. The molecule has 1 unspecified atom stereocenters. The summed E-state index contributed by atoms with van der Waals surface area (Å²) in [5.41, 5.74) is 3.75. The summed E-state index contributed by atoms with van der Waals surface area (Å²) in [4.78, 5) is 32.7. The molecule has 0 saturated carbocycles. The topological polar surface area (TPSA) is 55.2 Å². The van der Waals surface area contributed by atoms with E-state index in [1.807, 2.05) is 11.8 Å². The first kappa shape index (κ1) is 21.6. The molecule has 1 saturated heterocycles. The van der Waals surface area contributed by atoms with E-state index >= 15 is 0 Å². The lowest BCUT2D eigenvalue weighted by Gasteiger charge is -2.23. The van der Waals surface area contributed by atoms with Crippen molar-refractivity contribution in [3.05, 3.63) is 57.0 Å². The summed E-state index contributed by atoms with van der Waals surface area (Å²) in [6.07, 6.45) is 4.45. The highest BCUT2D eigenvalue weighted by molar-refractivity contribution is 8.00. The van der Waals surface area contributed by atoms with Gasteiger partial charge in [0.2, 0.25) is 5.91 Å². The van der Waals surface area contributed by atoms with Crippen LogP contribution in [0.4, 0.5) is 0 Å². The predicted octanol–water partition coefficient (Wildman–Crippen LogP) is 3.87. The SMILES string of the molecule is CCCC(Sc1nc(C)c(Cc2ccc(C)cc2)c(=O)n1C)C(=O)N1CCCC1. The summed E-state index contributed by atoms with van der Waals surface area (Å²) < 4.78 is 1.61. The number of benzene rings is 1. The van der Waals surface area contributed by atoms with Gasteiger partial charge >= 0.3 is 0 Å². The van der Waals surface area contributed by atoms with Crippen LogP contribution in [-0.4, -0.2) is 38.7 Å². The van der Waals surface area contributed by atoms with Gasteiger partial charge in [-0.05, 0) is 38.7 Å². The molecule has 0 N–H and O–H groups in total. The number of thioether (sulfide) groups is 1. The van der Waals surface area contributed by atoms with Gasteiger partial charge in [0.05, 0.1) is 5.25 Å². The van der Waals surface area contributed by atoms with Crippen molar-refractivity contribution in [3.8, 4) is 0 Å². The third-order valence-electron chi connectivity index (χ3n) is 5.54. The van der Waals surface area contributed by atoms with Crippen LogP contribution >= 0.6 is 11.8 Å². The van der Waals surface area contributed by atoms with Gasteiger partial charge in [0.25, 0.3) is 5.56 Å². The van der Waals surface area contributed by atoms with Gasteiger partial charge in [0.1, 0.15) is 0 Å². The molecule has 156 valence electrons. The molecule has 1 atom stereocenters. The van der Waals surface area contributed by atoms with E-state index in [1.165, 1.54) is 17.3 Å². The first-order valence-corrected chi connectivity index (χ1v) is 11.4. The highest BCUT2D eigenvalue weighted by Crippen LogP contribution is 2.27. The Morgan fingerprint density at radius 1 is 1.17 bits per heavy atom. The van der Waals surface area contributed by atoms with E-state index in [0.717, 1.165) is 55.6 Å². The predicted molar refractivity (Wildman–Crippen MR) is 119 cm³/mol. The third-order valence-corrected chi connectivity index (χ3v) is 6.84. The van der Waals surface area contributed by atoms with Crippen LogP contribution in [0, 0.1) is 13.8 Å². The number of likely N-dealkylation sites (tertiary alicyclic amines) is 1. The first-order valence-electron chi connectivity index (χ1n) is 10.5. The molecule has 5 nitrogen and oxygen atoms in total. The molecular formula is C23H31N3O2S. The summed E-state index contributed by atoms with van der Waals surface area (Å²) >= 11 is 1.44. The number of amides is 1. The van der Waals surface area contributed by atoms with Crippen LogP contribution in [0.15, 0.2) is 34.2 Å². The fraction of sp³-hybridized carbons (Fsp3) is 0.522. The Hall–Kier alpha value is -2.08. The number of hydrogen-bond donors (Lipinski definition) is 0. The Bertz CT molecular complexity index is 915. The van der Waals surface area contributed by atoms with Gasteiger partial charge < -0.3 is 4.90 Å². The maximum atomic E-state index is 13.1. The van der Waals surface area contributed by atoms with Gasteiger partial charge in [0, 0.05) is 37.8 Å². The number of carbonyl (C=O) groups is 1. The van der Waals surface area contributed by atoms with Crippen LogP contribution in [0.25, 0.3) is 0 Å². The summed E-state index contributed by atoms with van der Waals surface area (Å²) in [7, 11) is 1.76. The van der Waals surface area contributed by atoms with E-state index < -0.39 is 0 Å². The second kappa shape index (κ2) is 9.61. The van der Waals surface area contributed by atoms with Crippen molar-refractivity contribution in [2.75, 3.05) is 13.1 Å². The van der Waals surface area contributed by atoms with Crippen molar-refractivity contribution in [1.82, 2.24) is 14.5 Å². The zero-order valence-electron chi connectivity index (χ0n) is 17.9. The van der Waals surface area contributed by atoms with E-state index in [2.05, 4.69) is 38.1 Å². The van der Waals surface area contributed by atoms with Crippen molar-refractivity contribution in [3.63, 3.8) is 0 Å². The number of rotatable bonds is 7. The largest absolute Gasteiger partial charge is 0.342 e. The van der Waals surface area contributed by atoms with E-state index in [0.29, 0.717) is 11.6 Å². The number of aryl methyl sites for hydroxylation is 2. The normalized spacial score (nSPS) is 15.0. The zero-order chi connectivity index (χ0) is 21.0. The number of carbonyl (C=O) groups excluding carboxylic acids is 1. The minimum absolute atomic E-state index is 0.0237. The summed E-state index contributed by atoms with van der Waals surface area (Å²) in [5, 5.41) is 0.449. The molecule has 2 aromatic rings. The lowest BCUT2D eigenvalue weighted by atomic mass is 10.0. The Labute approximate surface area is 177 Å². The quantitative estimate of drug-likeness (QED) is 0.511. The monoisotopic (exact) mass is 413 g/mol. The molecule has 3 rings (SSSR count). The summed E-state index contributed by atoms with van der Waals surface area (Å²) in [6, 6.07) is 8.24. The molecule has 1 amide bonds. The number of aromatic nitrogens is 2. The lowest BCUT2D eigenvalue weighted by Crippen LogP contribution is -2.36. The van der Waals surface area contributed by atoms with Gasteiger partial charge in [0.15, 0.2) is 5.16 Å². The molecule has 2 heterocycles. The molecule has 0 bridgehead atoms. The van der Waals surface area contributed by atoms with Crippen molar-refractivity contribution in [2.24, 2.45) is 7.05 Å². The molecule has 0 radical (unpaired) electrons. The highest BCUT2D eigenvalue weighted by Gasteiger charge is 2.28. The van der Waals surface area contributed by atoms with E-state index in [9.17, 15) is 9.59 Å². The second-order valence-corrected chi connectivity index (χ2v) is 9.08. The van der Waals surface area contributed by atoms with Gasteiger partial charge in [-0.2, -0.15) is 0 Å². The third kappa shape index (κ3) is 5.10. The van der Waals surface area contributed by atoms with Gasteiger partial charge in [-0.3, -0.25) is 14.2 Å². The average Bonchev–Trinajstić information content (AvgIpc) is 3.24. The van der Waals surface area contributed by atoms with Gasteiger partial charge in [-0.1, -0.05) is 54.9 Å². The van der Waals surface area contributed by atoms with Crippen LogP contribution in [0.5, 0.6) is 0 Å². The van der Waals surface area contributed by atoms with Crippen LogP contribution in [0.3, 0.4) is 0 Å². The minimum Gasteiger partial charge on any atom is -0.342 e. The summed E-state index contributed by atoms with van der Waals surface area (Å²) in [6.45, 7) is 7.73. The van der Waals surface area contributed by atoms with E-state index in [-0.39, 0.29) is 16.7 Å². The fourth-order valence-corrected chi connectivity index (χ4v) is 5.00. The minimum atomic E-state index is -0.182. The Morgan fingerprint density at radius 3 is 2.45 bits per heavy atom. The molecule has 1 fully saturated rings. The highest BCUT2D eigenvalue weighted by atomic mass is 32.2. The smallest absolute Gasteiger partial charge is 0.257 e. The second-order valence-electron chi connectivity index (χ2n) is 7.91. The Kier molecular flexibility index (Phi) is 7.17. The molecule has 1 aliphatic heterocycles. The standard InChI is InChI=1S/C23H31N3O2S/c1-5-8-20(22(28)26-13-6-7-14-26)29-23-24-17(3)19(21(27)25(23)4)15-18-11-9-16(2)10-12-18/h9-12,20H,5-8,13-15H2,1-4H3. The molecule has 1 aliphatic rings. The Balaban J connectivity index is 1.84. The van der Waals surface area contributed by atoms with Crippen LogP contribution in [0.1, 0.15) is 55.0 Å². The van der Waals surface area contributed by atoms with Gasteiger partial charge in [-0.15, -0.1) is 0 Å². The molecule has 0 aliphatic carbocycles. The maximum Gasteiger partial charge on any atom is 0.257 e.